The third-order valence-corrected chi connectivity index (χ3v) is 5.32. The van der Waals surface area contributed by atoms with Crippen LogP contribution in [-0.4, -0.2) is 10.7 Å². The van der Waals surface area contributed by atoms with E-state index in [4.69, 9.17) is 0 Å². The highest BCUT2D eigenvalue weighted by molar-refractivity contribution is 5.54. The predicted octanol–water partition coefficient (Wildman–Crippen LogP) is 4.20. The molecule has 1 N–H and O–H groups in total. The molecule has 0 saturated heterocycles. The molecule has 3 aliphatic carbocycles. The van der Waals surface area contributed by atoms with Crippen molar-refractivity contribution in [1.82, 2.24) is 0 Å². The molecule has 0 unspecified atom stereocenters. The lowest BCUT2D eigenvalue weighted by Gasteiger charge is -2.30. The summed E-state index contributed by atoms with van der Waals surface area (Å²) in [5.74, 6) is 0.706. The van der Waals surface area contributed by atoms with Gasteiger partial charge >= 0.3 is 0 Å². The van der Waals surface area contributed by atoms with Gasteiger partial charge in [-0.3, -0.25) is 0 Å². The van der Waals surface area contributed by atoms with Gasteiger partial charge in [-0.05, 0) is 41.5 Å². The van der Waals surface area contributed by atoms with Gasteiger partial charge in [-0.2, -0.15) is 0 Å². The molecule has 5 rings (SSSR count). The monoisotopic (exact) mass is 264 g/mol. The van der Waals surface area contributed by atoms with Crippen molar-refractivity contribution in [2.24, 2.45) is 0 Å². The second kappa shape index (κ2) is 4.20. The summed E-state index contributed by atoms with van der Waals surface area (Å²) in [4.78, 5) is 0. The van der Waals surface area contributed by atoms with Crippen molar-refractivity contribution in [2.75, 3.05) is 0 Å². The number of hydrogen-bond acceptors (Lipinski definition) is 1. The molecule has 1 nitrogen and oxygen atoms in total. The van der Waals surface area contributed by atoms with Gasteiger partial charge in [-0.15, -0.1) is 0 Å². The molecule has 0 fully saturated rings. The van der Waals surface area contributed by atoms with Crippen molar-refractivity contribution in [3.05, 3.63) is 70.8 Å². The Morgan fingerprint density at radius 2 is 1.20 bits per heavy atom. The van der Waals surface area contributed by atoms with Crippen molar-refractivity contribution in [3.63, 3.8) is 0 Å². The Morgan fingerprint density at radius 1 is 0.850 bits per heavy atom. The predicted molar refractivity (Wildman–Crippen MR) is 81.0 cm³/mol. The van der Waals surface area contributed by atoms with Gasteiger partial charge in [-0.25, -0.2) is 0 Å². The summed E-state index contributed by atoms with van der Waals surface area (Å²) >= 11 is 0. The van der Waals surface area contributed by atoms with Gasteiger partial charge in [-0.1, -0.05) is 55.5 Å². The van der Waals surface area contributed by atoms with E-state index >= 15 is 0 Å². The number of benzene rings is 2. The van der Waals surface area contributed by atoms with E-state index in [1.807, 2.05) is 0 Å². The molecule has 0 aliphatic heterocycles. The molecule has 2 aromatic rings. The Balaban J connectivity index is 1.98. The van der Waals surface area contributed by atoms with Crippen LogP contribution in [-0.2, 0) is 0 Å². The fourth-order valence-corrected chi connectivity index (χ4v) is 4.20. The Bertz CT molecular complexity index is 559. The van der Waals surface area contributed by atoms with Gasteiger partial charge < -0.3 is 5.11 Å². The van der Waals surface area contributed by atoms with Crippen molar-refractivity contribution in [1.29, 1.82) is 0 Å². The molecule has 0 saturated carbocycles. The number of aliphatic hydroxyl groups is 1. The Kier molecular flexibility index (Phi) is 2.55. The zero-order valence-corrected chi connectivity index (χ0v) is 11.8. The van der Waals surface area contributed by atoms with Crippen molar-refractivity contribution >= 4 is 0 Å². The molecule has 3 aliphatic rings. The van der Waals surface area contributed by atoms with Crippen LogP contribution in [0.1, 0.15) is 60.3 Å². The maximum absolute atomic E-state index is 11.0. The largest absolute Gasteiger partial charge is 0.390 e. The lowest BCUT2D eigenvalue weighted by molar-refractivity contribution is 0.0173. The first kappa shape index (κ1) is 12.2. The molecular weight excluding hydrogens is 244 g/mol. The highest BCUT2D eigenvalue weighted by atomic mass is 16.3. The van der Waals surface area contributed by atoms with Crippen molar-refractivity contribution in [2.45, 2.75) is 43.6 Å². The van der Waals surface area contributed by atoms with E-state index in [0.717, 1.165) is 19.3 Å². The van der Waals surface area contributed by atoms with E-state index in [2.05, 4.69) is 55.5 Å². The molecule has 20 heavy (non-hydrogen) atoms. The van der Waals surface area contributed by atoms with E-state index in [1.165, 1.54) is 22.3 Å². The molecule has 0 heterocycles. The molecule has 0 atom stereocenters. The van der Waals surface area contributed by atoms with E-state index in [-0.39, 0.29) is 0 Å². The van der Waals surface area contributed by atoms with Crippen LogP contribution in [0.15, 0.2) is 48.5 Å². The van der Waals surface area contributed by atoms with Crippen LogP contribution in [0.3, 0.4) is 0 Å². The van der Waals surface area contributed by atoms with Crippen molar-refractivity contribution in [3.8, 4) is 0 Å². The number of fused-ring (bicyclic) bond motifs is 2. The average molecular weight is 264 g/mol. The number of rotatable bonds is 1. The average Bonchev–Trinajstić information content (AvgIpc) is 2.72. The molecule has 0 aromatic heterocycles. The second-order valence-corrected chi connectivity index (χ2v) is 6.35. The maximum atomic E-state index is 11.0. The van der Waals surface area contributed by atoms with Crippen LogP contribution in [0.25, 0.3) is 0 Å². The van der Waals surface area contributed by atoms with E-state index < -0.39 is 5.60 Å². The molecule has 1 heteroatoms. The topological polar surface area (TPSA) is 20.2 Å². The highest BCUT2D eigenvalue weighted by Crippen LogP contribution is 2.53. The zero-order chi connectivity index (χ0) is 13.7. The molecule has 102 valence electrons. The Hall–Kier alpha value is -1.60. The fourth-order valence-electron chi connectivity index (χ4n) is 4.20. The van der Waals surface area contributed by atoms with Gasteiger partial charge in [0.1, 0.15) is 0 Å². The molecule has 0 radical (unpaired) electrons. The number of hydrogen-bond donors (Lipinski definition) is 1. The Labute approximate surface area is 120 Å². The molecule has 0 amide bonds. The first-order chi connectivity index (χ1) is 9.72. The van der Waals surface area contributed by atoms with Crippen LogP contribution < -0.4 is 0 Å². The van der Waals surface area contributed by atoms with Crippen molar-refractivity contribution < 1.29 is 5.11 Å². The normalized spacial score (nSPS) is 30.5. The van der Waals surface area contributed by atoms with E-state index in [9.17, 15) is 5.11 Å². The third-order valence-electron chi connectivity index (χ3n) is 5.32. The summed E-state index contributed by atoms with van der Waals surface area (Å²) in [5, 5.41) is 11.0. The van der Waals surface area contributed by atoms with Gasteiger partial charge in [0.15, 0.2) is 0 Å². The SMILES string of the molecule is CCC1(O)CC2c3ccccc3C(C1)c1ccccc12. The fraction of sp³-hybridized carbons (Fsp3) is 0.368. The second-order valence-electron chi connectivity index (χ2n) is 6.35. The summed E-state index contributed by atoms with van der Waals surface area (Å²) in [6.07, 6.45) is 2.55. The Morgan fingerprint density at radius 3 is 1.50 bits per heavy atom. The maximum Gasteiger partial charge on any atom is 0.0663 e. The smallest absolute Gasteiger partial charge is 0.0663 e. The summed E-state index contributed by atoms with van der Waals surface area (Å²) in [6.45, 7) is 2.11. The quantitative estimate of drug-likeness (QED) is 0.818. The minimum atomic E-state index is -0.534. The van der Waals surface area contributed by atoms with Crippen LogP contribution in [0.4, 0.5) is 0 Å². The lowest BCUT2D eigenvalue weighted by Crippen LogP contribution is -2.28. The summed E-state index contributed by atoms with van der Waals surface area (Å²) in [7, 11) is 0. The third kappa shape index (κ3) is 1.59. The minimum absolute atomic E-state index is 0.353. The highest BCUT2D eigenvalue weighted by Gasteiger charge is 2.43. The standard InChI is InChI=1S/C19H20O/c1-2-19(20)11-17-13-7-3-4-8-14(13)18(12-19)16-10-6-5-9-15(16)17/h3-10,17-18,20H,2,11-12H2,1H3. The summed E-state index contributed by atoms with van der Waals surface area (Å²) in [6, 6.07) is 17.5. The summed E-state index contributed by atoms with van der Waals surface area (Å²) in [5.41, 5.74) is 5.19. The van der Waals surface area contributed by atoms with Crippen LogP contribution >= 0.6 is 0 Å². The van der Waals surface area contributed by atoms with Gasteiger partial charge in [0.25, 0.3) is 0 Å². The van der Waals surface area contributed by atoms with E-state index in [0.29, 0.717) is 11.8 Å². The molecule has 2 bridgehead atoms. The van der Waals surface area contributed by atoms with Crippen LogP contribution in [0.5, 0.6) is 0 Å². The first-order valence-corrected chi connectivity index (χ1v) is 7.62. The zero-order valence-electron chi connectivity index (χ0n) is 11.8. The lowest BCUT2D eigenvalue weighted by atomic mass is 9.74. The minimum Gasteiger partial charge on any atom is -0.390 e. The molecule has 2 aromatic carbocycles. The molecular formula is C19H20O. The van der Waals surface area contributed by atoms with Gasteiger partial charge in [0.05, 0.1) is 5.60 Å². The first-order valence-electron chi connectivity index (χ1n) is 7.62. The van der Waals surface area contributed by atoms with Gasteiger partial charge in [0.2, 0.25) is 0 Å². The van der Waals surface area contributed by atoms with E-state index in [1.54, 1.807) is 0 Å². The van der Waals surface area contributed by atoms with Crippen LogP contribution in [0.2, 0.25) is 0 Å². The molecule has 0 spiro atoms. The van der Waals surface area contributed by atoms with Gasteiger partial charge in [0, 0.05) is 11.8 Å². The summed E-state index contributed by atoms with van der Waals surface area (Å²) < 4.78 is 0. The van der Waals surface area contributed by atoms with Crippen LogP contribution in [0, 0.1) is 0 Å².